The summed E-state index contributed by atoms with van der Waals surface area (Å²) in [6, 6.07) is 3.79. The van der Waals surface area contributed by atoms with Crippen LogP contribution in [0.4, 0.5) is 10.1 Å². The molecule has 0 amide bonds. The summed E-state index contributed by atoms with van der Waals surface area (Å²) in [5.74, 6) is 0.404. The smallest absolute Gasteiger partial charge is 0.126 e. The zero-order valence-electron chi connectivity index (χ0n) is 11.6. The van der Waals surface area contributed by atoms with Gasteiger partial charge in [-0.1, -0.05) is 6.92 Å². The van der Waals surface area contributed by atoms with Crippen molar-refractivity contribution in [3.8, 4) is 0 Å². The fourth-order valence-corrected chi connectivity index (χ4v) is 2.90. The molecule has 0 aliphatic carbocycles. The molecule has 1 fully saturated rings. The van der Waals surface area contributed by atoms with E-state index < -0.39 is 6.10 Å². The highest BCUT2D eigenvalue weighted by atomic mass is 19.1. The molecular formula is C15H22FNO. The minimum Gasteiger partial charge on any atom is -0.389 e. The molecule has 0 radical (unpaired) electrons. The molecule has 18 heavy (non-hydrogen) atoms. The van der Waals surface area contributed by atoms with Crippen molar-refractivity contribution in [3.05, 3.63) is 29.1 Å². The van der Waals surface area contributed by atoms with Crippen LogP contribution in [0.15, 0.2) is 12.1 Å². The Morgan fingerprint density at radius 3 is 2.56 bits per heavy atom. The van der Waals surface area contributed by atoms with Crippen molar-refractivity contribution >= 4 is 5.69 Å². The van der Waals surface area contributed by atoms with Crippen LogP contribution in [0.25, 0.3) is 0 Å². The highest BCUT2D eigenvalue weighted by Crippen LogP contribution is 2.35. The van der Waals surface area contributed by atoms with E-state index in [4.69, 9.17) is 0 Å². The first-order chi connectivity index (χ1) is 8.40. The van der Waals surface area contributed by atoms with E-state index in [0.29, 0.717) is 23.1 Å². The van der Waals surface area contributed by atoms with E-state index >= 15 is 0 Å². The van der Waals surface area contributed by atoms with Gasteiger partial charge in [-0.25, -0.2) is 4.39 Å². The maximum absolute atomic E-state index is 13.7. The molecule has 100 valence electrons. The number of aryl methyl sites for hydroxylation is 1. The molecule has 3 heteroatoms. The number of nitrogens with zero attached hydrogens (tertiary/aromatic N) is 1. The van der Waals surface area contributed by atoms with Crippen LogP contribution >= 0.6 is 0 Å². The number of anilines is 1. The van der Waals surface area contributed by atoms with E-state index in [1.54, 1.807) is 13.8 Å². The van der Waals surface area contributed by atoms with E-state index in [9.17, 15) is 9.50 Å². The normalized spacial score (nSPS) is 25.6. The molecule has 2 rings (SSSR count). The lowest BCUT2D eigenvalue weighted by molar-refractivity contribution is 0.199. The second-order valence-electron chi connectivity index (χ2n) is 5.68. The highest BCUT2D eigenvalue weighted by Gasteiger charge is 2.28. The third kappa shape index (κ3) is 2.37. The molecular weight excluding hydrogens is 229 g/mol. The van der Waals surface area contributed by atoms with Crippen molar-refractivity contribution in [2.45, 2.75) is 46.3 Å². The standard InChI is InChI=1S/C15H22FNO/c1-9-5-11(3)17(8-9)15-6-10(2)14(16)7-13(15)12(4)18/h6-7,9,11-12,18H,5,8H2,1-4H3. The predicted octanol–water partition coefficient (Wildman–Crippen LogP) is 3.42. The molecule has 0 saturated carbocycles. The monoisotopic (exact) mass is 251 g/mol. The molecule has 1 aromatic rings. The summed E-state index contributed by atoms with van der Waals surface area (Å²) in [7, 11) is 0. The van der Waals surface area contributed by atoms with Crippen LogP contribution in [0.1, 0.15) is 44.4 Å². The van der Waals surface area contributed by atoms with Crippen LogP contribution in [-0.4, -0.2) is 17.7 Å². The van der Waals surface area contributed by atoms with Gasteiger partial charge in [0.2, 0.25) is 0 Å². The number of hydrogen-bond acceptors (Lipinski definition) is 2. The first-order valence-corrected chi connectivity index (χ1v) is 6.65. The maximum atomic E-state index is 13.7. The van der Waals surface area contributed by atoms with Crippen molar-refractivity contribution in [1.29, 1.82) is 0 Å². The van der Waals surface area contributed by atoms with Crippen molar-refractivity contribution in [2.75, 3.05) is 11.4 Å². The molecule has 1 saturated heterocycles. The Morgan fingerprint density at radius 1 is 1.39 bits per heavy atom. The quantitative estimate of drug-likeness (QED) is 0.870. The summed E-state index contributed by atoms with van der Waals surface area (Å²) in [6.07, 6.45) is 0.508. The molecule has 0 spiro atoms. The van der Waals surface area contributed by atoms with Crippen molar-refractivity contribution in [2.24, 2.45) is 5.92 Å². The van der Waals surface area contributed by atoms with Crippen molar-refractivity contribution in [1.82, 2.24) is 0 Å². The van der Waals surface area contributed by atoms with Crippen LogP contribution in [0.5, 0.6) is 0 Å². The Balaban J connectivity index is 2.46. The fourth-order valence-electron chi connectivity index (χ4n) is 2.90. The minimum atomic E-state index is -0.641. The highest BCUT2D eigenvalue weighted by molar-refractivity contribution is 5.58. The summed E-state index contributed by atoms with van der Waals surface area (Å²) in [4.78, 5) is 2.29. The lowest BCUT2D eigenvalue weighted by atomic mass is 10.0. The van der Waals surface area contributed by atoms with Crippen LogP contribution in [0.2, 0.25) is 0 Å². The largest absolute Gasteiger partial charge is 0.389 e. The zero-order chi connectivity index (χ0) is 13.4. The van der Waals surface area contributed by atoms with E-state index in [-0.39, 0.29) is 5.82 Å². The van der Waals surface area contributed by atoms with Crippen LogP contribution < -0.4 is 4.90 Å². The molecule has 1 aliphatic rings. The number of halogens is 1. The van der Waals surface area contributed by atoms with Gasteiger partial charge in [-0.3, -0.25) is 0 Å². The van der Waals surface area contributed by atoms with Gasteiger partial charge in [-0.05, 0) is 50.8 Å². The molecule has 1 N–H and O–H groups in total. The Labute approximate surface area is 108 Å². The second-order valence-corrected chi connectivity index (χ2v) is 5.68. The van der Waals surface area contributed by atoms with Gasteiger partial charge in [0.25, 0.3) is 0 Å². The van der Waals surface area contributed by atoms with E-state index in [2.05, 4.69) is 18.7 Å². The molecule has 1 aromatic carbocycles. The molecule has 0 aromatic heterocycles. The molecule has 3 unspecified atom stereocenters. The zero-order valence-corrected chi connectivity index (χ0v) is 11.6. The minimum absolute atomic E-state index is 0.241. The van der Waals surface area contributed by atoms with E-state index in [0.717, 1.165) is 18.7 Å². The Kier molecular flexibility index (Phi) is 3.62. The summed E-state index contributed by atoms with van der Waals surface area (Å²) in [5.41, 5.74) is 2.32. The van der Waals surface area contributed by atoms with Crippen LogP contribution in [0, 0.1) is 18.7 Å². The fraction of sp³-hybridized carbons (Fsp3) is 0.600. The van der Waals surface area contributed by atoms with Crippen molar-refractivity contribution in [3.63, 3.8) is 0 Å². The van der Waals surface area contributed by atoms with E-state index in [1.165, 1.54) is 6.07 Å². The van der Waals surface area contributed by atoms with Gasteiger partial charge in [-0.2, -0.15) is 0 Å². The van der Waals surface area contributed by atoms with Gasteiger partial charge >= 0.3 is 0 Å². The summed E-state index contributed by atoms with van der Waals surface area (Å²) >= 11 is 0. The number of aliphatic hydroxyl groups is 1. The Morgan fingerprint density at radius 2 is 2.06 bits per heavy atom. The SMILES string of the molecule is Cc1cc(N2CC(C)CC2C)c(C(C)O)cc1F. The van der Waals surface area contributed by atoms with Gasteiger partial charge in [-0.15, -0.1) is 0 Å². The summed E-state index contributed by atoms with van der Waals surface area (Å²) < 4.78 is 13.7. The Hall–Kier alpha value is -1.09. The molecule has 0 bridgehead atoms. The first kappa shape index (κ1) is 13.3. The lowest BCUT2D eigenvalue weighted by Gasteiger charge is -2.28. The van der Waals surface area contributed by atoms with E-state index in [1.807, 2.05) is 6.07 Å². The topological polar surface area (TPSA) is 23.5 Å². The van der Waals surface area contributed by atoms with Gasteiger partial charge in [0, 0.05) is 23.8 Å². The van der Waals surface area contributed by atoms with Gasteiger partial charge in [0.1, 0.15) is 5.82 Å². The molecule has 3 atom stereocenters. The third-order valence-corrected chi connectivity index (χ3v) is 3.85. The predicted molar refractivity (Wildman–Crippen MR) is 72.4 cm³/mol. The van der Waals surface area contributed by atoms with Crippen molar-refractivity contribution < 1.29 is 9.50 Å². The van der Waals surface area contributed by atoms with Gasteiger partial charge < -0.3 is 10.0 Å². The average molecular weight is 251 g/mol. The van der Waals surface area contributed by atoms with Gasteiger partial charge in [0.05, 0.1) is 6.10 Å². The number of aliphatic hydroxyl groups excluding tert-OH is 1. The van der Waals surface area contributed by atoms with Crippen LogP contribution in [0.3, 0.4) is 0 Å². The molecule has 1 aliphatic heterocycles. The number of benzene rings is 1. The number of hydrogen-bond donors (Lipinski definition) is 1. The number of rotatable bonds is 2. The molecule has 1 heterocycles. The maximum Gasteiger partial charge on any atom is 0.126 e. The summed E-state index contributed by atoms with van der Waals surface area (Å²) in [5, 5.41) is 9.84. The average Bonchev–Trinajstić information content (AvgIpc) is 2.61. The van der Waals surface area contributed by atoms with Gasteiger partial charge in [0.15, 0.2) is 0 Å². The molecule has 2 nitrogen and oxygen atoms in total. The Bertz CT molecular complexity index is 444. The van der Waals surface area contributed by atoms with Crippen LogP contribution in [-0.2, 0) is 0 Å². The second kappa shape index (κ2) is 4.88. The first-order valence-electron chi connectivity index (χ1n) is 6.65. The summed E-state index contributed by atoms with van der Waals surface area (Å²) in [6.45, 7) is 8.86. The third-order valence-electron chi connectivity index (χ3n) is 3.85. The lowest BCUT2D eigenvalue weighted by Crippen LogP contribution is -2.28.